The largest absolute Gasteiger partial charge is 0.478 e. The van der Waals surface area contributed by atoms with Crippen molar-refractivity contribution < 1.29 is 9.90 Å². The average Bonchev–Trinajstić information content (AvgIpc) is 2.24. The summed E-state index contributed by atoms with van der Waals surface area (Å²) in [6, 6.07) is 1.83. The summed E-state index contributed by atoms with van der Waals surface area (Å²) in [5, 5.41) is 12.6. The summed E-state index contributed by atoms with van der Waals surface area (Å²) in [4.78, 5) is 15.3. The van der Waals surface area contributed by atoms with Crippen molar-refractivity contribution in [3.8, 4) is 0 Å². The van der Waals surface area contributed by atoms with Crippen LogP contribution >= 0.6 is 0 Å². The standard InChI is InChI=1S/C16H24N2O2/c1-15(2)7-11(8-16(3,4)10-15)18-13-9-17-6-5-12(13)14(19)20/h5-6,9,11,18H,7-8,10H2,1-4H3,(H,19,20). The maximum absolute atomic E-state index is 11.3. The van der Waals surface area contributed by atoms with Crippen LogP contribution < -0.4 is 5.32 Å². The van der Waals surface area contributed by atoms with Crippen molar-refractivity contribution in [2.45, 2.75) is 53.0 Å². The van der Waals surface area contributed by atoms with Crippen molar-refractivity contribution in [1.82, 2.24) is 4.98 Å². The predicted molar refractivity (Wildman–Crippen MR) is 80.0 cm³/mol. The number of carbonyl (C=O) groups is 1. The molecule has 0 aliphatic heterocycles. The second kappa shape index (κ2) is 5.08. The minimum atomic E-state index is -0.913. The molecular formula is C16H24N2O2. The first kappa shape index (κ1) is 14.8. The summed E-state index contributed by atoms with van der Waals surface area (Å²) in [6.07, 6.45) is 6.41. The van der Waals surface area contributed by atoms with Gasteiger partial charge in [0.2, 0.25) is 0 Å². The summed E-state index contributed by atoms with van der Waals surface area (Å²) in [7, 11) is 0. The summed E-state index contributed by atoms with van der Waals surface area (Å²) in [5.74, 6) is -0.913. The number of hydrogen-bond acceptors (Lipinski definition) is 3. The first-order valence-electron chi connectivity index (χ1n) is 7.12. The van der Waals surface area contributed by atoms with Gasteiger partial charge in [0, 0.05) is 12.2 Å². The summed E-state index contributed by atoms with van der Waals surface area (Å²) < 4.78 is 0. The quantitative estimate of drug-likeness (QED) is 0.881. The third-order valence-electron chi connectivity index (χ3n) is 3.97. The molecule has 1 aromatic rings. The molecule has 0 atom stereocenters. The third kappa shape index (κ3) is 3.50. The molecule has 1 saturated carbocycles. The number of pyridine rings is 1. The molecule has 1 aliphatic carbocycles. The van der Waals surface area contributed by atoms with Gasteiger partial charge in [-0.3, -0.25) is 4.98 Å². The van der Waals surface area contributed by atoms with Gasteiger partial charge >= 0.3 is 5.97 Å². The van der Waals surface area contributed by atoms with Crippen LogP contribution in [0.4, 0.5) is 5.69 Å². The van der Waals surface area contributed by atoms with Crippen molar-refractivity contribution in [2.24, 2.45) is 10.8 Å². The molecule has 0 aromatic carbocycles. The number of hydrogen-bond donors (Lipinski definition) is 2. The van der Waals surface area contributed by atoms with E-state index in [2.05, 4.69) is 38.0 Å². The molecule has 0 spiro atoms. The number of nitrogens with one attached hydrogen (secondary N) is 1. The van der Waals surface area contributed by atoms with Crippen LogP contribution in [0.1, 0.15) is 57.3 Å². The molecule has 110 valence electrons. The highest BCUT2D eigenvalue weighted by Gasteiger charge is 2.38. The van der Waals surface area contributed by atoms with Crippen LogP contribution in [0.3, 0.4) is 0 Å². The van der Waals surface area contributed by atoms with Gasteiger partial charge in [-0.25, -0.2) is 4.79 Å². The fourth-order valence-electron chi connectivity index (χ4n) is 3.86. The number of aromatic carboxylic acids is 1. The predicted octanol–water partition coefficient (Wildman–Crippen LogP) is 3.80. The van der Waals surface area contributed by atoms with Crippen molar-refractivity contribution >= 4 is 11.7 Å². The monoisotopic (exact) mass is 276 g/mol. The number of carboxylic acids is 1. The van der Waals surface area contributed by atoms with E-state index in [1.54, 1.807) is 12.3 Å². The van der Waals surface area contributed by atoms with E-state index >= 15 is 0 Å². The van der Waals surface area contributed by atoms with E-state index in [4.69, 9.17) is 0 Å². The third-order valence-corrected chi connectivity index (χ3v) is 3.97. The zero-order valence-electron chi connectivity index (χ0n) is 12.7. The number of aromatic nitrogens is 1. The van der Waals surface area contributed by atoms with Gasteiger partial charge in [0.05, 0.1) is 17.4 Å². The molecule has 4 nitrogen and oxygen atoms in total. The maximum atomic E-state index is 11.3. The Labute approximate surface area is 120 Å². The molecule has 0 saturated heterocycles. The molecule has 2 N–H and O–H groups in total. The minimum absolute atomic E-state index is 0.269. The van der Waals surface area contributed by atoms with E-state index < -0.39 is 5.97 Å². The van der Waals surface area contributed by atoms with E-state index in [-0.39, 0.29) is 16.9 Å². The van der Waals surface area contributed by atoms with Crippen LogP contribution in [0.2, 0.25) is 0 Å². The molecule has 1 fully saturated rings. The number of anilines is 1. The number of nitrogens with zero attached hydrogens (tertiary/aromatic N) is 1. The highest BCUT2D eigenvalue weighted by atomic mass is 16.4. The second-order valence-electron chi connectivity index (χ2n) is 7.48. The van der Waals surface area contributed by atoms with Gasteiger partial charge in [-0.2, -0.15) is 0 Å². The summed E-state index contributed by atoms with van der Waals surface area (Å²) in [6.45, 7) is 9.13. The second-order valence-corrected chi connectivity index (χ2v) is 7.48. The number of carboxylic acid groups (broad SMARTS) is 1. The Balaban J connectivity index is 2.20. The molecular weight excluding hydrogens is 252 g/mol. The van der Waals surface area contributed by atoms with Crippen LogP contribution in [-0.2, 0) is 0 Å². The van der Waals surface area contributed by atoms with E-state index in [1.807, 2.05) is 0 Å². The molecule has 0 bridgehead atoms. The summed E-state index contributed by atoms with van der Waals surface area (Å²) in [5.41, 5.74) is 1.45. The Bertz CT molecular complexity index is 493. The van der Waals surface area contributed by atoms with Gasteiger partial charge in [0.15, 0.2) is 0 Å². The van der Waals surface area contributed by atoms with E-state index in [1.165, 1.54) is 12.6 Å². The fourth-order valence-corrected chi connectivity index (χ4v) is 3.86. The first-order chi connectivity index (χ1) is 9.19. The SMILES string of the molecule is CC1(C)CC(Nc2cnccc2C(=O)O)CC(C)(C)C1. The normalized spacial score (nSPS) is 21.4. The highest BCUT2D eigenvalue weighted by molar-refractivity contribution is 5.93. The van der Waals surface area contributed by atoms with E-state index in [9.17, 15) is 9.90 Å². The van der Waals surface area contributed by atoms with Crippen LogP contribution in [0, 0.1) is 10.8 Å². The van der Waals surface area contributed by atoms with Crippen molar-refractivity contribution in [3.05, 3.63) is 24.0 Å². The lowest BCUT2D eigenvalue weighted by atomic mass is 9.63. The Kier molecular flexibility index (Phi) is 3.76. The van der Waals surface area contributed by atoms with Gasteiger partial charge in [-0.1, -0.05) is 27.7 Å². The lowest BCUT2D eigenvalue weighted by molar-refractivity contribution is 0.0697. The zero-order chi connectivity index (χ0) is 15.0. The first-order valence-corrected chi connectivity index (χ1v) is 7.12. The van der Waals surface area contributed by atoms with Gasteiger partial charge in [-0.05, 0) is 36.2 Å². The minimum Gasteiger partial charge on any atom is -0.478 e. The maximum Gasteiger partial charge on any atom is 0.337 e. The Morgan fingerprint density at radius 1 is 1.30 bits per heavy atom. The number of rotatable bonds is 3. The molecule has 20 heavy (non-hydrogen) atoms. The van der Waals surface area contributed by atoms with Crippen molar-refractivity contribution in [3.63, 3.8) is 0 Å². The van der Waals surface area contributed by atoms with Crippen LogP contribution in [0.5, 0.6) is 0 Å². The molecule has 0 unspecified atom stereocenters. The van der Waals surface area contributed by atoms with E-state index in [0.29, 0.717) is 11.3 Å². The lowest BCUT2D eigenvalue weighted by Crippen LogP contribution is -2.40. The van der Waals surface area contributed by atoms with Crippen LogP contribution in [0.15, 0.2) is 18.5 Å². The average molecular weight is 276 g/mol. The highest BCUT2D eigenvalue weighted by Crippen LogP contribution is 2.46. The molecule has 4 heteroatoms. The van der Waals surface area contributed by atoms with Crippen LogP contribution in [0.25, 0.3) is 0 Å². The lowest BCUT2D eigenvalue weighted by Gasteiger charge is -2.45. The Hall–Kier alpha value is -1.58. The molecule has 0 radical (unpaired) electrons. The Morgan fingerprint density at radius 3 is 2.45 bits per heavy atom. The smallest absolute Gasteiger partial charge is 0.337 e. The Morgan fingerprint density at radius 2 is 1.90 bits per heavy atom. The van der Waals surface area contributed by atoms with Crippen molar-refractivity contribution in [1.29, 1.82) is 0 Å². The molecule has 1 aliphatic rings. The molecule has 1 aromatic heterocycles. The molecule has 0 amide bonds. The van der Waals surface area contributed by atoms with Gasteiger partial charge < -0.3 is 10.4 Å². The zero-order valence-corrected chi connectivity index (χ0v) is 12.7. The summed E-state index contributed by atoms with van der Waals surface area (Å²) >= 11 is 0. The molecule has 1 heterocycles. The fraction of sp³-hybridized carbons (Fsp3) is 0.625. The van der Waals surface area contributed by atoms with Gasteiger partial charge in [-0.15, -0.1) is 0 Å². The van der Waals surface area contributed by atoms with Gasteiger partial charge in [0.1, 0.15) is 0 Å². The van der Waals surface area contributed by atoms with E-state index in [0.717, 1.165) is 12.8 Å². The molecule has 2 rings (SSSR count). The van der Waals surface area contributed by atoms with Crippen LogP contribution in [-0.4, -0.2) is 22.1 Å². The van der Waals surface area contributed by atoms with Crippen molar-refractivity contribution in [2.75, 3.05) is 5.32 Å². The topological polar surface area (TPSA) is 62.2 Å². The van der Waals surface area contributed by atoms with Gasteiger partial charge in [0.25, 0.3) is 0 Å².